The van der Waals surface area contributed by atoms with Crippen molar-refractivity contribution in [2.45, 2.75) is 50.4 Å². The summed E-state index contributed by atoms with van der Waals surface area (Å²) >= 11 is 0. The number of rotatable bonds is 13. The fraction of sp³-hybridized carbons (Fsp3) is 0.409. The minimum Gasteiger partial charge on any atom is -0.481 e. The van der Waals surface area contributed by atoms with E-state index in [1.165, 1.54) is 6.92 Å². The molecule has 0 fully saturated rings. The van der Waals surface area contributed by atoms with Crippen LogP contribution >= 0.6 is 0 Å². The van der Waals surface area contributed by atoms with Crippen LogP contribution in [0.25, 0.3) is 10.9 Å². The van der Waals surface area contributed by atoms with Crippen molar-refractivity contribution in [3.05, 3.63) is 36.0 Å². The smallest absolute Gasteiger partial charge is 0.328 e. The van der Waals surface area contributed by atoms with E-state index in [9.17, 15) is 24.0 Å². The number of carboxylic acid groups (broad SMARTS) is 2. The van der Waals surface area contributed by atoms with E-state index in [1.54, 1.807) is 6.20 Å². The molecule has 1 heterocycles. The van der Waals surface area contributed by atoms with Crippen LogP contribution in [0.1, 0.15) is 25.3 Å². The summed E-state index contributed by atoms with van der Waals surface area (Å²) in [7, 11) is 0. The first-order valence-corrected chi connectivity index (χ1v) is 10.8. The van der Waals surface area contributed by atoms with Crippen LogP contribution in [0.15, 0.2) is 30.5 Å². The van der Waals surface area contributed by atoms with Gasteiger partial charge in [0, 0.05) is 29.9 Å². The highest BCUT2D eigenvalue weighted by Crippen LogP contribution is 2.19. The third kappa shape index (κ3) is 7.79. The molecule has 0 bridgehead atoms. The molecule has 13 nitrogen and oxygen atoms in total. The van der Waals surface area contributed by atoms with Gasteiger partial charge in [-0.3, -0.25) is 19.2 Å². The molecule has 1 aromatic heterocycles. The summed E-state index contributed by atoms with van der Waals surface area (Å²) in [5, 5.41) is 34.7. The third-order valence-electron chi connectivity index (χ3n) is 5.29. The molecule has 0 aliphatic carbocycles. The first kappa shape index (κ1) is 27.3. The molecule has 0 spiro atoms. The number of hydrogen-bond acceptors (Lipinski definition) is 7. The second kappa shape index (κ2) is 12.5. The summed E-state index contributed by atoms with van der Waals surface area (Å²) in [6.07, 6.45) is 1.23. The summed E-state index contributed by atoms with van der Waals surface area (Å²) in [6.45, 7) is 0.474. The minimum atomic E-state index is -1.55. The average molecular weight is 492 g/mol. The van der Waals surface area contributed by atoms with Crippen molar-refractivity contribution in [2.75, 3.05) is 6.61 Å². The van der Waals surface area contributed by atoms with Gasteiger partial charge in [0.05, 0.1) is 12.6 Å². The summed E-state index contributed by atoms with van der Waals surface area (Å²) in [6, 6.07) is 2.20. The second-order valence-corrected chi connectivity index (χ2v) is 7.98. The monoisotopic (exact) mass is 491 g/mol. The molecule has 2 rings (SSSR count). The molecule has 0 radical (unpaired) electrons. The number of amides is 3. The predicted molar refractivity (Wildman–Crippen MR) is 123 cm³/mol. The van der Waals surface area contributed by atoms with Crippen LogP contribution in [-0.4, -0.2) is 80.7 Å². The molecule has 4 atom stereocenters. The molecule has 190 valence electrons. The number of aromatic amines is 1. The Hall–Kier alpha value is -3.97. The Morgan fingerprint density at radius 1 is 0.971 bits per heavy atom. The molecular formula is C22H29N5O8. The Bertz CT molecular complexity index is 1080. The number of aliphatic hydroxyl groups is 1. The number of carbonyl (C=O) groups excluding carboxylic acids is 3. The molecule has 0 aliphatic heterocycles. The fourth-order valence-corrected chi connectivity index (χ4v) is 3.28. The lowest BCUT2D eigenvalue weighted by Gasteiger charge is -2.23. The normalized spacial score (nSPS) is 14.4. The van der Waals surface area contributed by atoms with Crippen molar-refractivity contribution in [2.24, 2.45) is 5.73 Å². The van der Waals surface area contributed by atoms with E-state index in [0.29, 0.717) is 5.56 Å². The van der Waals surface area contributed by atoms with Crippen LogP contribution in [0.2, 0.25) is 0 Å². The maximum absolute atomic E-state index is 13.0. The summed E-state index contributed by atoms with van der Waals surface area (Å²) in [5.41, 5.74) is 7.27. The van der Waals surface area contributed by atoms with Crippen LogP contribution in [0.5, 0.6) is 0 Å². The third-order valence-corrected chi connectivity index (χ3v) is 5.29. The molecule has 35 heavy (non-hydrogen) atoms. The van der Waals surface area contributed by atoms with Gasteiger partial charge in [-0.15, -0.1) is 0 Å². The minimum absolute atomic E-state index is 0.0238. The lowest BCUT2D eigenvalue weighted by molar-refractivity contribution is -0.143. The number of H-pyrrole nitrogens is 1. The van der Waals surface area contributed by atoms with Crippen molar-refractivity contribution >= 4 is 40.6 Å². The Balaban J connectivity index is 2.17. The molecular weight excluding hydrogens is 462 g/mol. The SMILES string of the molecule is CC(NC(=O)C(Cc1c[nH]c2ccccc12)NC(=O)C(N)CCC(=O)O)C(=O)NC(CO)C(=O)O. The Morgan fingerprint density at radius 3 is 2.26 bits per heavy atom. The zero-order valence-electron chi connectivity index (χ0n) is 19.0. The van der Waals surface area contributed by atoms with Crippen molar-refractivity contribution < 1.29 is 39.3 Å². The standard InChI is InChI=1S/C22H29N5O8/c1-11(19(31)27-17(10-28)22(34)35)25-21(33)16(26-20(32)14(23)6-7-18(29)30)8-12-9-24-15-5-3-2-4-13(12)15/h2-5,9,11,14,16-17,24,28H,6-8,10,23H2,1H3,(H,25,33)(H,26,32)(H,27,31)(H,29,30)(H,34,35). The van der Waals surface area contributed by atoms with Crippen molar-refractivity contribution in [3.63, 3.8) is 0 Å². The molecule has 2 aromatic rings. The zero-order valence-corrected chi connectivity index (χ0v) is 19.0. The highest BCUT2D eigenvalue weighted by atomic mass is 16.4. The highest BCUT2D eigenvalue weighted by molar-refractivity contribution is 5.94. The van der Waals surface area contributed by atoms with Gasteiger partial charge < -0.3 is 42.0 Å². The topological polar surface area (TPSA) is 224 Å². The molecule has 3 amide bonds. The number of aliphatic carboxylic acids is 2. The van der Waals surface area contributed by atoms with Gasteiger partial charge in [-0.25, -0.2) is 4.79 Å². The van der Waals surface area contributed by atoms with Gasteiger partial charge in [-0.2, -0.15) is 0 Å². The van der Waals surface area contributed by atoms with Gasteiger partial charge in [-0.1, -0.05) is 18.2 Å². The second-order valence-electron chi connectivity index (χ2n) is 7.98. The van der Waals surface area contributed by atoms with Gasteiger partial charge >= 0.3 is 11.9 Å². The van der Waals surface area contributed by atoms with E-state index < -0.39 is 60.4 Å². The predicted octanol–water partition coefficient (Wildman–Crippen LogP) is -1.55. The molecule has 0 saturated heterocycles. The first-order valence-electron chi connectivity index (χ1n) is 10.8. The van der Waals surface area contributed by atoms with Crippen molar-refractivity contribution in [1.29, 1.82) is 0 Å². The Morgan fingerprint density at radius 2 is 1.63 bits per heavy atom. The molecule has 13 heteroatoms. The van der Waals surface area contributed by atoms with E-state index >= 15 is 0 Å². The first-order chi connectivity index (χ1) is 16.5. The van der Waals surface area contributed by atoms with Crippen molar-refractivity contribution in [3.8, 4) is 0 Å². The van der Waals surface area contributed by atoms with E-state index in [0.717, 1.165) is 10.9 Å². The van der Waals surface area contributed by atoms with Crippen LogP contribution in [0.3, 0.4) is 0 Å². The van der Waals surface area contributed by atoms with Crippen LogP contribution in [0.4, 0.5) is 0 Å². The van der Waals surface area contributed by atoms with Crippen LogP contribution in [-0.2, 0) is 30.4 Å². The zero-order chi connectivity index (χ0) is 26.1. The Labute approximate surface area is 200 Å². The number of nitrogens with two attached hydrogens (primary N) is 1. The van der Waals surface area contributed by atoms with Gasteiger partial charge in [-0.05, 0) is 25.0 Å². The fourth-order valence-electron chi connectivity index (χ4n) is 3.28. The molecule has 0 aliphatic rings. The number of para-hydroxylation sites is 1. The van der Waals surface area contributed by atoms with Gasteiger partial charge in [0.2, 0.25) is 17.7 Å². The number of benzene rings is 1. The van der Waals surface area contributed by atoms with E-state index in [-0.39, 0.29) is 19.3 Å². The number of hydrogen-bond donors (Lipinski definition) is 8. The highest BCUT2D eigenvalue weighted by Gasteiger charge is 2.29. The van der Waals surface area contributed by atoms with E-state index in [2.05, 4.69) is 20.9 Å². The van der Waals surface area contributed by atoms with E-state index in [1.807, 2.05) is 24.3 Å². The van der Waals surface area contributed by atoms with Crippen LogP contribution < -0.4 is 21.7 Å². The number of aromatic nitrogens is 1. The summed E-state index contributed by atoms with van der Waals surface area (Å²) in [5.74, 6) is -4.90. The average Bonchev–Trinajstić information content (AvgIpc) is 3.22. The number of nitrogens with one attached hydrogen (secondary N) is 4. The lowest BCUT2D eigenvalue weighted by Crippen LogP contribution is -2.57. The summed E-state index contributed by atoms with van der Waals surface area (Å²) < 4.78 is 0. The van der Waals surface area contributed by atoms with Crippen LogP contribution in [0, 0.1) is 0 Å². The molecule has 1 aromatic carbocycles. The maximum Gasteiger partial charge on any atom is 0.328 e. The van der Waals surface area contributed by atoms with Crippen molar-refractivity contribution in [1.82, 2.24) is 20.9 Å². The number of carboxylic acids is 2. The Kier molecular flexibility index (Phi) is 9.73. The quantitative estimate of drug-likeness (QED) is 0.162. The van der Waals surface area contributed by atoms with Gasteiger partial charge in [0.25, 0.3) is 0 Å². The largest absolute Gasteiger partial charge is 0.481 e. The van der Waals surface area contributed by atoms with Gasteiger partial charge in [0.15, 0.2) is 0 Å². The number of carbonyl (C=O) groups is 5. The lowest BCUT2D eigenvalue weighted by atomic mass is 10.0. The maximum atomic E-state index is 13.0. The number of fused-ring (bicyclic) bond motifs is 1. The van der Waals surface area contributed by atoms with E-state index in [4.69, 9.17) is 21.1 Å². The number of aliphatic hydroxyl groups excluding tert-OH is 1. The summed E-state index contributed by atoms with van der Waals surface area (Å²) in [4.78, 5) is 62.7. The molecule has 9 N–H and O–H groups in total. The molecule has 0 saturated carbocycles. The molecule has 4 unspecified atom stereocenters. The van der Waals surface area contributed by atoms with Gasteiger partial charge in [0.1, 0.15) is 18.1 Å².